The lowest BCUT2D eigenvalue weighted by molar-refractivity contribution is 0.216. The molecule has 1 rings (SSSR count). The molecule has 1 N–H and O–H groups in total. The van der Waals surface area contributed by atoms with Crippen molar-refractivity contribution >= 4 is 27.5 Å². The molecule has 0 saturated heterocycles. The summed E-state index contributed by atoms with van der Waals surface area (Å²) < 4.78 is 19.3. The first-order valence-corrected chi connectivity index (χ1v) is 7.23. The molecule has 0 aliphatic carbocycles. The Morgan fingerprint density at radius 2 is 2.22 bits per heavy atom. The lowest BCUT2D eigenvalue weighted by atomic mass is 10.3. The van der Waals surface area contributed by atoms with Crippen molar-refractivity contribution in [2.45, 2.75) is 32.8 Å². The summed E-state index contributed by atoms with van der Waals surface area (Å²) in [6.45, 7) is 5.75. The Kier molecular flexibility index (Phi) is 6.97. The number of hydrogen-bond donors (Lipinski definition) is 1. The molecule has 1 aromatic rings. The molecule has 102 valence electrons. The number of nitrogens with one attached hydrogen (secondary N) is 1. The highest BCUT2D eigenvalue weighted by atomic mass is 79.9. The fourth-order valence-electron chi connectivity index (χ4n) is 1.46. The van der Waals surface area contributed by atoms with E-state index < -0.39 is 0 Å². The van der Waals surface area contributed by atoms with Gasteiger partial charge in [-0.05, 0) is 41.9 Å². The molecule has 1 atom stereocenters. The quantitative estimate of drug-likeness (QED) is 0.588. The van der Waals surface area contributed by atoms with Gasteiger partial charge in [0, 0.05) is 12.6 Å². The van der Waals surface area contributed by atoms with Gasteiger partial charge in [0.25, 0.3) is 0 Å². The fraction of sp³-hybridized carbons (Fsp3) is 0.538. The lowest BCUT2D eigenvalue weighted by Gasteiger charge is -2.16. The van der Waals surface area contributed by atoms with Crippen molar-refractivity contribution in [3.8, 4) is 5.75 Å². The maximum atomic E-state index is 13.4. The standard InChI is InChI=1S/C13H18BrClFNO/c1-3-4-5-17-8-9(2)18-13-7-12(16)10(14)6-11(13)15/h6-7,9,17H,3-5,8H2,1-2H3. The molecule has 0 bridgehead atoms. The summed E-state index contributed by atoms with van der Waals surface area (Å²) in [5.74, 6) is 0.00250. The van der Waals surface area contributed by atoms with Crippen molar-refractivity contribution in [2.75, 3.05) is 13.1 Å². The minimum Gasteiger partial charge on any atom is -0.488 e. The smallest absolute Gasteiger partial charge is 0.141 e. The molecule has 0 aliphatic heterocycles. The van der Waals surface area contributed by atoms with E-state index in [-0.39, 0.29) is 11.9 Å². The Hall–Kier alpha value is -0.320. The third-order valence-corrected chi connectivity index (χ3v) is 3.34. The minimum absolute atomic E-state index is 0.0556. The first-order chi connectivity index (χ1) is 8.54. The molecule has 0 heterocycles. The molecule has 0 saturated carbocycles. The van der Waals surface area contributed by atoms with Crippen LogP contribution in [0.15, 0.2) is 16.6 Å². The van der Waals surface area contributed by atoms with Gasteiger partial charge in [0.15, 0.2) is 0 Å². The predicted octanol–water partition coefficient (Wildman–Crippen LogP) is 4.40. The zero-order valence-electron chi connectivity index (χ0n) is 10.6. The molecule has 0 aromatic heterocycles. The highest BCUT2D eigenvalue weighted by molar-refractivity contribution is 9.10. The summed E-state index contributed by atoms with van der Waals surface area (Å²) in [5, 5.41) is 3.69. The van der Waals surface area contributed by atoms with Crippen molar-refractivity contribution in [3.63, 3.8) is 0 Å². The van der Waals surface area contributed by atoms with Gasteiger partial charge in [-0.15, -0.1) is 0 Å². The van der Waals surface area contributed by atoms with Gasteiger partial charge in [0.2, 0.25) is 0 Å². The van der Waals surface area contributed by atoms with E-state index in [9.17, 15) is 4.39 Å². The summed E-state index contributed by atoms with van der Waals surface area (Å²) in [5.41, 5.74) is 0. The van der Waals surface area contributed by atoms with Gasteiger partial charge in [-0.1, -0.05) is 24.9 Å². The van der Waals surface area contributed by atoms with Crippen LogP contribution in [0.5, 0.6) is 5.75 Å². The van der Waals surface area contributed by atoms with Crippen molar-refractivity contribution < 1.29 is 9.13 Å². The molecule has 5 heteroatoms. The van der Waals surface area contributed by atoms with Crippen LogP contribution in [0.3, 0.4) is 0 Å². The minimum atomic E-state index is -0.374. The van der Waals surface area contributed by atoms with E-state index in [1.807, 2.05) is 6.92 Å². The van der Waals surface area contributed by atoms with Crippen LogP contribution in [-0.4, -0.2) is 19.2 Å². The van der Waals surface area contributed by atoms with Crippen LogP contribution in [-0.2, 0) is 0 Å². The van der Waals surface area contributed by atoms with Gasteiger partial charge in [-0.2, -0.15) is 0 Å². The molecule has 0 aliphatic rings. The second-order valence-corrected chi connectivity index (χ2v) is 5.44. The topological polar surface area (TPSA) is 21.3 Å². The van der Waals surface area contributed by atoms with E-state index in [4.69, 9.17) is 16.3 Å². The highest BCUT2D eigenvalue weighted by Crippen LogP contribution is 2.30. The summed E-state index contributed by atoms with van der Waals surface area (Å²) in [4.78, 5) is 0. The molecule has 18 heavy (non-hydrogen) atoms. The predicted molar refractivity (Wildman–Crippen MR) is 77.0 cm³/mol. The van der Waals surface area contributed by atoms with E-state index in [0.29, 0.717) is 21.8 Å². The molecule has 0 amide bonds. The monoisotopic (exact) mass is 337 g/mol. The third-order valence-electron chi connectivity index (χ3n) is 2.44. The van der Waals surface area contributed by atoms with E-state index >= 15 is 0 Å². The Labute approximate surface area is 121 Å². The van der Waals surface area contributed by atoms with Gasteiger partial charge in [0.1, 0.15) is 17.7 Å². The molecule has 1 unspecified atom stereocenters. The van der Waals surface area contributed by atoms with Crippen LogP contribution in [0.2, 0.25) is 5.02 Å². The van der Waals surface area contributed by atoms with Gasteiger partial charge < -0.3 is 10.1 Å². The SMILES string of the molecule is CCCCNCC(C)Oc1cc(F)c(Br)cc1Cl. The van der Waals surface area contributed by atoms with Gasteiger partial charge in [-0.25, -0.2) is 4.39 Å². The molecule has 0 radical (unpaired) electrons. The van der Waals surface area contributed by atoms with Crippen LogP contribution in [0, 0.1) is 5.82 Å². The largest absolute Gasteiger partial charge is 0.488 e. The van der Waals surface area contributed by atoms with Crippen LogP contribution in [0.1, 0.15) is 26.7 Å². The molecule has 1 aromatic carbocycles. The average Bonchev–Trinajstić information content (AvgIpc) is 2.32. The Balaban J connectivity index is 2.48. The molecular weight excluding hydrogens is 321 g/mol. The van der Waals surface area contributed by atoms with Gasteiger partial charge >= 0.3 is 0 Å². The second kappa shape index (κ2) is 7.97. The summed E-state index contributed by atoms with van der Waals surface area (Å²) in [6, 6.07) is 2.80. The van der Waals surface area contributed by atoms with E-state index in [1.165, 1.54) is 12.1 Å². The third kappa shape index (κ3) is 5.12. The van der Waals surface area contributed by atoms with Gasteiger partial charge in [0.05, 0.1) is 9.50 Å². The maximum Gasteiger partial charge on any atom is 0.141 e. The summed E-state index contributed by atoms with van der Waals surface area (Å²) in [6.07, 6.45) is 2.24. The summed E-state index contributed by atoms with van der Waals surface area (Å²) >= 11 is 9.07. The highest BCUT2D eigenvalue weighted by Gasteiger charge is 2.11. The Morgan fingerprint density at radius 1 is 1.50 bits per heavy atom. The van der Waals surface area contributed by atoms with Crippen LogP contribution in [0.25, 0.3) is 0 Å². The zero-order chi connectivity index (χ0) is 13.5. The van der Waals surface area contributed by atoms with E-state index in [1.54, 1.807) is 0 Å². The van der Waals surface area contributed by atoms with Crippen LogP contribution < -0.4 is 10.1 Å². The number of halogens is 3. The number of ether oxygens (including phenoxy) is 1. The fourth-order valence-corrected chi connectivity index (χ4v) is 2.14. The molecule has 2 nitrogen and oxygen atoms in total. The number of rotatable bonds is 7. The van der Waals surface area contributed by atoms with Crippen molar-refractivity contribution in [2.24, 2.45) is 0 Å². The van der Waals surface area contributed by atoms with Gasteiger partial charge in [-0.3, -0.25) is 0 Å². The zero-order valence-corrected chi connectivity index (χ0v) is 12.9. The van der Waals surface area contributed by atoms with E-state index in [2.05, 4.69) is 28.2 Å². The Bertz CT molecular complexity index is 389. The van der Waals surface area contributed by atoms with Crippen molar-refractivity contribution in [1.82, 2.24) is 5.32 Å². The van der Waals surface area contributed by atoms with Crippen molar-refractivity contribution in [3.05, 3.63) is 27.4 Å². The first-order valence-electron chi connectivity index (χ1n) is 6.06. The Morgan fingerprint density at radius 3 is 2.89 bits per heavy atom. The lowest BCUT2D eigenvalue weighted by Crippen LogP contribution is -2.29. The van der Waals surface area contributed by atoms with E-state index in [0.717, 1.165) is 19.4 Å². The van der Waals surface area contributed by atoms with Crippen LogP contribution >= 0.6 is 27.5 Å². The number of benzene rings is 1. The average molecular weight is 339 g/mol. The number of unbranched alkanes of at least 4 members (excludes halogenated alkanes) is 1. The molecular formula is C13H18BrClFNO. The second-order valence-electron chi connectivity index (χ2n) is 4.18. The summed E-state index contributed by atoms with van der Waals surface area (Å²) in [7, 11) is 0. The number of hydrogen-bond acceptors (Lipinski definition) is 2. The van der Waals surface area contributed by atoms with Crippen LogP contribution in [0.4, 0.5) is 4.39 Å². The maximum absolute atomic E-state index is 13.4. The first kappa shape index (κ1) is 15.7. The molecule has 0 spiro atoms. The normalized spacial score (nSPS) is 12.5. The van der Waals surface area contributed by atoms with Crippen molar-refractivity contribution in [1.29, 1.82) is 0 Å². The molecule has 0 fully saturated rings.